The largest absolute Gasteiger partial charge is 0.372 e. The Hall–Kier alpha value is -1.88. The summed E-state index contributed by atoms with van der Waals surface area (Å²) in [5, 5.41) is 6.54. The summed E-state index contributed by atoms with van der Waals surface area (Å²) in [5.41, 5.74) is 3.31. The Kier molecular flexibility index (Phi) is 6.53. The van der Waals surface area contributed by atoms with E-state index in [-0.39, 0.29) is 29.6 Å². The molecule has 2 aliphatic rings. The summed E-state index contributed by atoms with van der Waals surface area (Å²) in [6.45, 7) is 3.13. The van der Waals surface area contributed by atoms with E-state index in [0.717, 1.165) is 49.2 Å². The predicted molar refractivity (Wildman–Crippen MR) is 110 cm³/mol. The summed E-state index contributed by atoms with van der Waals surface area (Å²) >= 11 is 0. The zero-order chi connectivity index (χ0) is 17.8. The van der Waals surface area contributed by atoms with Gasteiger partial charge in [-0.3, -0.25) is 4.79 Å². The lowest BCUT2D eigenvalue weighted by Crippen LogP contribution is -2.31. The lowest BCUT2D eigenvalue weighted by molar-refractivity contribution is -0.118. The van der Waals surface area contributed by atoms with Crippen LogP contribution in [0.4, 0.5) is 5.69 Å². The minimum atomic E-state index is 0. The van der Waals surface area contributed by atoms with Crippen molar-refractivity contribution in [2.75, 3.05) is 18.4 Å². The molecule has 1 atom stereocenters. The molecule has 1 aliphatic heterocycles. The number of carbonyl (C=O) groups excluding carboxylic acids is 1. The number of halogens is 1. The van der Waals surface area contributed by atoms with Crippen molar-refractivity contribution in [3.8, 4) is 0 Å². The fourth-order valence-electron chi connectivity index (χ4n) is 4.04. The van der Waals surface area contributed by atoms with Gasteiger partial charge in [-0.25, -0.2) is 0 Å². The van der Waals surface area contributed by atoms with E-state index in [1.54, 1.807) is 0 Å². The number of rotatable bonds is 6. The number of para-hydroxylation sites is 1. The Bertz CT molecular complexity index is 760. The van der Waals surface area contributed by atoms with Gasteiger partial charge in [-0.05, 0) is 49.4 Å². The monoisotopic (exact) mass is 386 g/mol. The highest BCUT2D eigenvalue weighted by molar-refractivity contribution is 5.95. The van der Waals surface area contributed by atoms with Gasteiger partial charge in [-0.2, -0.15) is 0 Å². The quantitative estimate of drug-likeness (QED) is 0.783. The minimum Gasteiger partial charge on any atom is -0.372 e. The maximum atomic E-state index is 12.7. The molecule has 0 radical (unpaired) electrons. The molecule has 2 aromatic carbocycles. The molecule has 0 bridgehead atoms. The molecule has 4 nitrogen and oxygen atoms in total. The Morgan fingerprint density at radius 1 is 1.04 bits per heavy atom. The molecule has 5 heteroatoms. The van der Waals surface area contributed by atoms with Gasteiger partial charge >= 0.3 is 0 Å². The summed E-state index contributed by atoms with van der Waals surface area (Å²) in [4.78, 5) is 12.7. The summed E-state index contributed by atoms with van der Waals surface area (Å²) in [5.74, 6) is 0.338. The van der Waals surface area contributed by atoms with Gasteiger partial charge in [0.25, 0.3) is 0 Å². The number of nitrogens with one attached hydrogen (secondary N) is 2. The van der Waals surface area contributed by atoms with Crippen LogP contribution in [0.1, 0.15) is 30.4 Å². The second-order valence-electron chi connectivity index (χ2n) is 7.49. The average molecular weight is 387 g/mol. The number of amides is 1. The molecular formula is C22H27ClN2O2. The van der Waals surface area contributed by atoms with E-state index in [1.807, 2.05) is 42.5 Å². The van der Waals surface area contributed by atoms with Crippen LogP contribution in [0, 0.1) is 11.3 Å². The van der Waals surface area contributed by atoms with Crippen molar-refractivity contribution in [2.45, 2.75) is 32.5 Å². The molecule has 1 amide bonds. The van der Waals surface area contributed by atoms with Gasteiger partial charge in [0.1, 0.15) is 0 Å². The standard InChI is InChI=1S/C22H26N2O2.ClH/c25-21(19-14-22(19)10-12-23-13-11-22)24-20-9-5-4-8-18(20)16-26-15-17-6-2-1-3-7-17;/h1-9,19,23H,10-16H2,(H,24,25);1H. The van der Waals surface area contributed by atoms with Crippen LogP contribution in [0.2, 0.25) is 0 Å². The third-order valence-corrected chi connectivity index (χ3v) is 5.75. The molecule has 144 valence electrons. The summed E-state index contributed by atoms with van der Waals surface area (Å²) in [6, 6.07) is 18.1. The number of anilines is 1. The van der Waals surface area contributed by atoms with Gasteiger partial charge in [0.2, 0.25) is 5.91 Å². The van der Waals surface area contributed by atoms with Crippen LogP contribution in [0.25, 0.3) is 0 Å². The Morgan fingerprint density at radius 2 is 1.74 bits per heavy atom. The van der Waals surface area contributed by atoms with E-state index < -0.39 is 0 Å². The second-order valence-corrected chi connectivity index (χ2v) is 7.49. The highest BCUT2D eigenvalue weighted by atomic mass is 35.5. The van der Waals surface area contributed by atoms with E-state index in [9.17, 15) is 4.79 Å². The highest BCUT2D eigenvalue weighted by Crippen LogP contribution is 2.58. The van der Waals surface area contributed by atoms with Crippen LogP contribution in [-0.4, -0.2) is 19.0 Å². The van der Waals surface area contributed by atoms with Crippen molar-refractivity contribution in [1.82, 2.24) is 5.32 Å². The summed E-state index contributed by atoms with van der Waals surface area (Å²) in [6.07, 6.45) is 3.27. The molecule has 1 saturated heterocycles. The van der Waals surface area contributed by atoms with E-state index in [4.69, 9.17) is 4.74 Å². The third kappa shape index (κ3) is 4.70. The van der Waals surface area contributed by atoms with Crippen molar-refractivity contribution < 1.29 is 9.53 Å². The van der Waals surface area contributed by atoms with Crippen LogP contribution in [0.15, 0.2) is 54.6 Å². The first-order valence-corrected chi connectivity index (χ1v) is 9.48. The Balaban J connectivity index is 0.00000210. The van der Waals surface area contributed by atoms with Crippen LogP contribution in [0.5, 0.6) is 0 Å². The number of hydrogen-bond acceptors (Lipinski definition) is 3. The van der Waals surface area contributed by atoms with Crippen molar-refractivity contribution in [2.24, 2.45) is 11.3 Å². The lowest BCUT2D eigenvalue weighted by Gasteiger charge is -2.23. The van der Waals surface area contributed by atoms with Crippen molar-refractivity contribution >= 4 is 24.0 Å². The van der Waals surface area contributed by atoms with E-state index in [0.29, 0.717) is 13.2 Å². The molecule has 2 aromatic rings. The number of benzene rings is 2. The van der Waals surface area contributed by atoms with Crippen LogP contribution in [-0.2, 0) is 22.7 Å². The molecule has 2 N–H and O–H groups in total. The lowest BCUT2D eigenvalue weighted by atomic mass is 9.91. The predicted octanol–water partition coefficient (Wildman–Crippen LogP) is 4.15. The van der Waals surface area contributed by atoms with Gasteiger partial charge in [0.15, 0.2) is 0 Å². The minimum absolute atomic E-state index is 0. The van der Waals surface area contributed by atoms with Gasteiger partial charge in [0, 0.05) is 17.2 Å². The topological polar surface area (TPSA) is 50.4 Å². The average Bonchev–Trinajstić information content (AvgIpc) is 3.37. The van der Waals surface area contributed by atoms with Gasteiger partial charge < -0.3 is 15.4 Å². The molecule has 4 rings (SSSR count). The van der Waals surface area contributed by atoms with Gasteiger partial charge in [0.05, 0.1) is 13.2 Å². The number of ether oxygens (including phenoxy) is 1. The number of carbonyl (C=O) groups is 1. The summed E-state index contributed by atoms with van der Waals surface area (Å²) < 4.78 is 5.85. The van der Waals surface area contributed by atoms with Crippen LogP contribution in [0.3, 0.4) is 0 Å². The summed E-state index contributed by atoms with van der Waals surface area (Å²) in [7, 11) is 0. The smallest absolute Gasteiger partial charge is 0.228 e. The molecule has 0 aromatic heterocycles. The molecule has 2 fully saturated rings. The molecule has 1 unspecified atom stereocenters. The second kappa shape index (κ2) is 8.87. The third-order valence-electron chi connectivity index (χ3n) is 5.75. The van der Waals surface area contributed by atoms with Crippen molar-refractivity contribution in [1.29, 1.82) is 0 Å². The maximum absolute atomic E-state index is 12.7. The first-order valence-electron chi connectivity index (χ1n) is 9.48. The fraction of sp³-hybridized carbons (Fsp3) is 0.409. The van der Waals surface area contributed by atoms with E-state index >= 15 is 0 Å². The normalized spacial score (nSPS) is 19.9. The first-order chi connectivity index (χ1) is 12.8. The van der Waals surface area contributed by atoms with Gasteiger partial charge in [-0.1, -0.05) is 48.5 Å². The van der Waals surface area contributed by atoms with Gasteiger partial charge in [-0.15, -0.1) is 12.4 Å². The SMILES string of the molecule is Cl.O=C(Nc1ccccc1COCc1ccccc1)C1CC12CCNCC2. The van der Waals surface area contributed by atoms with Crippen LogP contribution >= 0.6 is 12.4 Å². The van der Waals surface area contributed by atoms with E-state index in [2.05, 4.69) is 22.8 Å². The number of hydrogen-bond donors (Lipinski definition) is 2. The van der Waals surface area contributed by atoms with Crippen molar-refractivity contribution in [3.63, 3.8) is 0 Å². The molecular weight excluding hydrogens is 360 g/mol. The van der Waals surface area contributed by atoms with Crippen molar-refractivity contribution in [3.05, 3.63) is 65.7 Å². The van der Waals surface area contributed by atoms with E-state index in [1.165, 1.54) is 0 Å². The highest BCUT2D eigenvalue weighted by Gasteiger charge is 2.57. The molecule has 1 aliphatic carbocycles. The number of piperidine rings is 1. The first kappa shape index (κ1) is 19.9. The Morgan fingerprint density at radius 3 is 2.52 bits per heavy atom. The molecule has 27 heavy (non-hydrogen) atoms. The fourth-order valence-corrected chi connectivity index (χ4v) is 4.04. The zero-order valence-electron chi connectivity index (χ0n) is 15.4. The molecule has 1 saturated carbocycles. The Labute approximate surface area is 167 Å². The van der Waals surface area contributed by atoms with Crippen LogP contribution < -0.4 is 10.6 Å². The molecule has 1 spiro atoms. The maximum Gasteiger partial charge on any atom is 0.228 e. The molecule has 1 heterocycles. The zero-order valence-corrected chi connectivity index (χ0v) is 16.3.